The van der Waals surface area contributed by atoms with Gasteiger partial charge in [-0.15, -0.1) is 0 Å². The summed E-state index contributed by atoms with van der Waals surface area (Å²) < 4.78 is 0. The topological polar surface area (TPSA) is 32.6 Å². The molecule has 0 unspecified atom stereocenters. The fourth-order valence-electron chi connectivity index (χ4n) is 1.51. The summed E-state index contributed by atoms with van der Waals surface area (Å²) in [5, 5.41) is 13.0. The van der Waals surface area contributed by atoms with Crippen molar-refractivity contribution in [3.05, 3.63) is 70.7 Å². The van der Waals surface area contributed by atoms with Gasteiger partial charge in [-0.2, -0.15) is 0 Å². The molecule has 0 aliphatic rings. The Morgan fingerprint density at radius 1 is 0.938 bits per heavy atom. The van der Waals surface area contributed by atoms with E-state index in [1.54, 1.807) is 12.1 Å². The summed E-state index contributed by atoms with van der Waals surface area (Å²) in [6.45, 7) is 0. The molecule has 80 valence electrons. The van der Waals surface area contributed by atoms with E-state index in [2.05, 4.69) is 5.16 Å². The summed E-state index contributed by atoms with van der Waals surface area (Å²) >= 11 is 5.90. The van der Waals surface area contributed by atoms with E-state index in [9.17, 15) is 0 Å². The molecular weight excluding hydrogens is 222 g/mol. The van der Waals surface area contributed by atoms with Gasteiger partial charge in [0, 0.05) is 16.1 Å². The minimum absolute atomic E-state index is 0.517. The third-order valence-corrected chi connectivity index (χ3v) is 2.48. The molecule has 2 rings (SSSR count). The molecule has 0 heterocycles. The average Bonchev–Trinajstić information content (AvgIpc) is 2.31. The molecule has 16 heavy (non-hydrogen) atoms. The van der Waals surface area contributed by atoms with Crippen LogP contribution in [0.15, 0.2) is 59.8 Å². The van der Waals surface area contributed by atoms with Crippen molar-refractivity contribution in [3.63, 3.8) is 0 Å². The first kappa shape index (κ1) is 10.7. The largest absolute Gasteiger partial charge is 0.410 e. The second-order valence-corrected chi connectivity index (χ2v) is 3.76. The lowest BCUT2D eigenvalue weighted by molar-refractivity contribution is 0.319. The average molecular weight is 232 g/mol. The molecule has 0 saturated carbocycles. The second-order valence-electron chi connectivity index (χ2n) is 3.32. The Morgan fingerprint density at radius 2 is 1.62 bits per heavy atom. The zero-order valence-electron chi connectivity index (χ0n) is 8.47. The van der Waals surface area contributed by atoms with Crippen LogP contribution in [-0.4, -0.2) is 10.9 Å². The van der Waals surface area contributed by atoms with Crippen LogP contribution in [0, 0.1) is 0 Å². The first-order chi connectivity index (χ1) is 7.81. The molecule has 0 bridgehead atoms. The van der Waals surface area contributed by atoms with Gasteiger partial charge in [0.2, 0.25) is 0 Å². The van der Waals surface area contributed by atoms with Crippen molar-refractivity contribution in [2.75, 3.05) is 0 Å². The van der Waals surface area contributed by atoms with Gasteiger partial charge in [-0.05, 0) is 12.1 Å². The third-order valence-electron chi connectivity index (χ3n) is 2.25. The van der Waals surface area contributed by atoms with Gasteiger partial charge in [0.25, 0.3) is 0 Å². The highest BCUT2D eigenvalue weighted by Crippen LogP contribution is 2.15. The van der Waals surface area contributed by atoms with Crippen LogP contribution in [0.25, 0.3) is 0 Å². The van der Waals surface area contributed by atoms with Crippen LogP contribution in [0.4, 0.5) is 0 Å². The number of rotatable bonds is 2. The van der Waals surface area contributed by atoms with Crippen molar-refractivity contribution in [2.24, 2.45) is 5.16 Å². The fraction of sp³-hybridized carbons (Fsp3) is 0. The molecule has 2 aromatic carbocycles. The first-order valence-electron chi connectivity index (χ1n) is 4.84. The van der Waals surface area contributed by atoms with Crippen LogP contribution in [0.3, 0.4) is 0 Å². The van der Waals surface area contributed by atoms with Crippen LogP contribution in [-0.2, 0) is 0 Å². The monoisotopic (exact) mass is 231 g/mol. The van der Waals surface area contributed by atoms with Gasteiger partial charge >= 0.3 is 0 Å². The van der Waals surface area contributed by atoms with E-state index in [-0.39, 0.29) is 0 Å². The third kappa shape index (κ3) is 2.23. The summed E-state index contributed by atoms with van der Waals surface area (Å²) in [6.07, 6.45) is 0. The highest BCUT2D eigenvalue weighted by molar-refractivity contribution is 6.31. The van der Waals surface area contributed by atoms with Crippen LogP contribution in [0.1, 0.15) is 11.1 Å². The predicted octanol–water partition coefficient (Wildman–Crippen LogP) is 3.57. The van der Waals surface area contributed by atoms with E-state index in [0.717, 1.165) is 11.1 Å². The zero-order valence-corrected chi connectivity index (χ0v) is 9.22. The van der Waals surface area contributed by atoms with Gasteiger partial charge in [0.15, 0.2) is 0 Å². The normalized spacial score (nSPS) is 11.4. The maximum atomic E-state index is 9.07. The van der Waals surface area contributed by atoms with E-state index < -0.39 is 0 Å². The van der Waals surface area contributed by atoms with E-state index in [1.165, 1.54) is 0 Å². The molecule has 0 atom stereocenters. The first-order valence-corrected chi connectivity index (χ1v) is 5.22. The highest BCUT2D eigenvalue weighted by atomic mass is 35.5. The van der Waals surface area contributed by atoms with Crippen LogP contribution in [0.5, 0.6) is 0 Å². The van der Waals surface area contributed by atoms with Gasteiger partial charge in [0.1, 0.15) is 5.71 Å². The molecule has 0 aliphatic carbocycles. The standard InChI is InChI=1S/C13H10ClNO/c14-12-8-4-7-11(9-12)13(15-16)10-5-2-1-3-6-10/h1-9,16H. The van der Waals surface area contributed by atoms with Crippen molar-refractivity contribution < 1.29 is 5.21 Å². The van der Waals surface area contributed by atoms with Gasteiger partial charge < -0.3 is 5.21 Å². The molecule has 0 fully saturated rings. The molecular formula is C13H10ClNO. The van der Waals surface area contributed by atoms with Crippen LogP contribution < -0.4 is 0 Å². The molecule has 0 aromatic heterocycles. The number of hydrogen-bond donors (Lipinski definition) is 1. The molecule has 1 N–H and O–H groups in total. The lowest BCUT2D eigenvalue weighted by atomic mass is 10.0. The summed E-state index contributed by atoms with van der Waals surface area (Å²) in [5.74, 6) is 0. The van der Waals surface area contributed by atoms with E-state index in [4.69, 9.17) is 16.8 Å². The fourth-order valence-corrected chi connectivity index (χ4v) is 1.70. The zero-order chi connectivity index (χ0) is 11.4. The molecule has 0 saturated heterocycles. The Morgan fingerprint density at radius 3 is 2.25 bits per heavy atom. The Kier molecular flexibility index (Phi) is 3.22. The molecule has 0 radical (unpaired) electrons. The Bertz CT molecular complexity index is 508. The molecule has 0 spiro atoms. The van der Waals surface area contributed by atoms with Gasteiger partial charge in [-0.3, -0.25) is 0 Å². The Balaban J connectivity index is 2.46. The summed E-state index contributed by atoms with van der Waals surface area (Å²) in [5.41, 5.74) is 2.16. The number of nitrogens with zero attached hydrogens (tertiary/aromatic N) is 1. The maximum Gasteiger partial charge on any atom is 0.117 e. The van der Waals surface area contributed by atoms with Crippen molar-refractivity contribution in [3.8, 4) is 0 Å². The molecule has 2 nitrogen and oxygen atoms in total. The SMILES string of the molecule is ON=C(c1ccccc1)c1cccc(Cl)c1. The van der Waals surface area contributed by atoms with E-state index in [1.807, 2.05) is 42.5 Å². The van der Waals surface area contributed by atoms with Gasteiger partial charge in [0.05, 0.1) is 0 Å². The van der Waals surface area contributed by atoms with Crippen LogP contribution in [0.2, 0.25) is 5.02 Å². The minimum Gasteiger partial charge on any atom is -0.410 e. The summed E-state index contributed by atoms with van der Waals surface area (Å²) in [7, 11) is 0. The number of benzene rings is 2. The van der Waals surface area contributed by atoms with Crippen molar-refractivity contribution in [1.82, 2.24) is 0 Å². The van der Waals surface area contributed by atoms with Crippen molar-refractivity contribution in [1.29, 1.82) is 0 Å². The summed E-state index contributed by atoms with van der Waals surface area (Å²) in [4.78, 5) is 0. The maximum absolute atomic E-state index is 9.07. The number of oxime groups is 1. The quantitative estimate of drug-likeness (QED) is 0.478. The number of halogens is 1. The number of hydrogen-bond acceptors (Lipinski definition) is 2. The molecule has 2 aromatic rings. The molecule has 3 heteroatoms. The van der Waals surface area contributed by atoms with Gasteiger partial charge in [-0.25, -0.2) is 0 Å². The molecule has 0 aliphatic heterocycles. The highest BCUT2D eigenvalue weighted by Gasteiger charge is 2.07. The predicted molar refractivity (Wildman–Crippen MR) is 65.3 cm³/mol. The van der Waals surface area contributed by atoms with Crippen molar-refractivity contribution in [2.45, 2.75) is 0 Å². The smallest absolute Gasteiger partial charge is 0.117 e. The molecule has 0 amide bonds. The van der Waals surface area contributed by atoms with E-state index in [0.29, 0.717) is 10.7 Å². The Labute approximate surface area is 98.8 Å². The summed E-state index contributed by atoms with van der Waals surface area (Å²) in [6, 6.07) is 16.7. The lowest BCUT2D eigenvalue weighted by Crippen LogP contribution is -2.02. The lowest BCUT2D eigenvalue weighted by Gasteiger charge is -2.04. The van der Waals surface area contributed by atoms with Crippen molar-refractivity contribution >= 4 is 17.3 Å². The van der Waals surface area contributed by atoms with Gasteiger partial charge in [-0.1, -0.05) is 59.2 Å². The van der Waals surface area contributed by atoms with Crippen LogP contribution >= 0.6 is 11.6 Å². The second kappa shape index (κ2) is 4.81. The van der Waals surface area contributed by atoms with E-state index >= 15 is 0 Å². The Hall–Kier alpha value is -1.80. The minimum atomic E-state index is 0.517.